The molecular weight excluding hydrogens is 368 g/mol. The van der Waals surface area contributed by atoms with E-state index in [9.17, 15) is 9.59 Å². The first kappa shape index (κ1) is 20.9. The molecule has 0 saturated carbocycles. The maximum atomic E-state index is 12.9. The van der Waals surface area contributed by atoms with E-state index in [-0.39, 0.29) is 24.3 Å². The van der Waals surface area contributed by atoms with E-state index in [1.807, 2.05) is 20.8 Å². The van der Waals surface area contributed by atoms with E-state index >= 15 is 0 Å². The number of amides is 2. The van der Waals surface area contributed by atoms with Crippen LogP contribution in [0.4, 0.5) is 0 Å². The molecule has 1 aromatic heterocycles. The first-order valence-electron chi connectivity index (χ1n) is 8.98. The van der Waals surface area contributed by atoms with E-state index < -0.39 is 6.04 Å². The number of carbonyl (C=O) groups is 2. The highest BCUT2D eigenvalue weighted by molar-refractivity contribution is 6.30. The Hall–Kier alpha value is -2.41. The highest BCUT2D eigenvalue weighted by atomic mass is 35.5. The number of hydrogen-bond donors (Lipinski definition) is 1. The Kier molecular flexibility index (Phi) is 7.36. The smallest absolute Gasteiger partial charge is 0.251 e. The molecule has 0 spiro atoms. The maximum Gasteiger partial charge on any atom is 0.251 e. The van der Waals surface area contributed by atoms with Gasteiger partial charge in [0.2, 0.25) is 11.8 Å². The van der Waals surface area contributed by atoms with Crippen molar-refractivity contribution < 1.29 is 14.1 Å². The minimum atomic E-state index is -0.656. The molecule has 2 unspecified atom stereocenters. The first-order chi connectivity index (χ1) is 12.8. The molecule has 0 bridgehead atoms. The average Bonchev–Trinajstić information content (AvgIpc) is 3.12. The molecule has 0 radical (unpaired) electrons. The standard InChI is InChI=1S/C19H25ClN4O3/c1-5-12(3)17(22-18(25)13-7-9-14(20)10-8-13)19(26)24(4)11-16-21-15(6-2)23-27-16/h7-10,12,17H,5-6,11H2,1-4H3,(H,22,25). The van der Waals surface area contributed by atoms with Crippen LogP contribution in [0, 0.1) is 5.92 Å². The molecule has 2 aromatic rings. The molecule has 0 saturated heterocycles. The van der Waals surface area contributed by atoms with Crippen LogP contribution in [0.5, 0.6) is 0 Å². The monoisotopic (exact) mass is 392 g/mol. The molecule has 2 rings (SSSR count). The Bertz CT molecular complexity index is 776. The fourth-order valence-electron chi connectivity index (χ4n) is 2.53. The first-order valence-corrected chi connectivity index (χ1v) is 9.36. The van der Waals surface area contributed by atoms with Crippen LogP contribution in [0.25, 0.3) is 0 Å². The summed E-state index contributed by atoms with van der Waals surface area (Å²) in [4.78, 5) is 31.2. The molecule has 0 aliphatic rings. The number of nitrogens with one attached hydrogen (secondary N) is 1. The molecule has 2 atom stereocenters. The van der Waals surface area contributed by atoms with E-state index in [4.69, 9.17) is 16.1 Å². The van der Waals surface area contributed by atoms with Gasteiger partial charge in [-0.1, -0.05) is 43.9 Å². The summed E-state index contributed by atoms with van der Waals surface area (Å²) >= 11 is 5.86. The molecule has 1 heterocycles. The van der Waals surface area contributed by atoms with Crippen molar-refractivity contribution in [3.05, 3.63) is 46.6 Å². The van der Waals surface area contributed by atoms with Crippen molar-refractivity contribution in [1.29, 1.82) is 0 Å². The summed E-state index contributed by atoms with van der Waals surface area (Å²) in [6.07, 6.45) is 1.40. The number of hydrogen-bond acceptors (Lipinski definition) is 5. The molecule has 8 heteroatoms. The van der Waals surface area contributed by atoms with Gasteiger partial charge in [-0.15, -0.1) is 0 Å². The van der Waals surface area contributed by atoms with Crippen molar-refractivity contribution in [2.75, 3.05) is 7.05 Å². The third kappa shape index (κ3) is 5.53. The summed E-state index contributed by atoms with van der Waals surface area (Å²) in [5.41, 5.74) is 0.452. The van der Waals surface area contributed by atoms with Crippen molar-refractivity contribution in [3.63, 3.8) is 0 Å². The average molecular weight is 393 g/mol. The van der Waals surface area contributed by atoms with Gasteiger partial charge in [-0.2, -0.15) is 4.98 Å². The molecule has 146 valence electrons. The fourth-order valence-corrected chi connectivity index (χ4v) is 2.65. The molecular formula is C19H25ClN4O3. The van der Waals surface area contributed by atoms with Gasteiger partial charge in [0.25, 0.3) is 5.91 Å². The van der Waals surface area contributed by atoms with Crippen molar-refractivity contribution in [1.82, 2.24) is 20.4 Å². The van der Waals surface area contributed by atoms with Crippen LogP contribution >= 0.6 is 11.6 Å². The Balaban J connectivity index is 2.10. The summed E-state index contributed by atoms with van der Waals surface area (Å²) in [5, 5.41) is 7.23. The third-order valence-corrected chi connectivity index (χ3v) is 4.70. The number of nitrogens with zero attached hydrogens (tertiary/aromatic N) is 3. The minimum Gasteiger partial charge on any atom is -0.340 e. The summed E-state index contributed by atoms with van der Waals surface area (Å²) in [6, 6.07) is 5.89. The SMILES string of the molecule is CCc1noc(CN(C)C(=O)C(NC(=O)c2ccc(Cl)cc2)C(C)CC)n1. The summed E-state index contributed by atoms with van der Waals surface area (Å²) in [6.45, 7) is 6.02. The summed E-state index contributed by atoms with van der Waals surface area (Å²) in [5.74, 6) is 0.410. The second-order valence-corrected chi connectivity index (χ2v) is 6.93. The van der Waals surface area contributed by atoms with Crippen LogP contribution in [0.1, 0.15) is 49.3 Å². The van der Waals surface area contributed by atoms with Gasteiger partial charge >= 0.3 is 0 Å². The molecule has 1 aromatic carbocycles. The van der Waals surface area contributed by atoms with E-state index in [2.05, 4.69) is 15.5 Å². The number of benzene rings is 1. The largest absolute Gasteiger partial charge is 0.340 e. The highest BCUT2D eigenvalue weighted by Gasteiger charge is 2.29. The lowest BCUT2D eigenvalue weighted by atomic mass is 9.97. The van der Waals surface area contributed by atoms with Crippen LogP contribution in [0.2, 0.25) is 5.02 Å². The van der Waals surface area contributed by atoms with Crippen molar-refractivity contribution in [3.8, 4) is 0 Å². The van der Waals surface area contributed by atoms with Gasteiger partial charge < -0.3 is 14.7 Å². The Morgan fingerprint density at radius 1 is 1.26 bits per heavy atom. The van der Waals surface area contributed by atoms with Gasteiger partial charge in [-0.05, 0) is 30.2 Å². The van der Waals surface area contributed by atoms with E-state index in [1.54, 1.807) is 31.3 Å². The van der Waals surface area contributed by atoms with Crippen LogP contribution in [0.3, 0.4) is 0 Å². The van der Waals surface area contributed by atoms with Crippen LogP contribution in [0.15, 0.2) is 28.8 Å². The van der Waals surface area contributed by atoms with Crippen molar-refractivity contribution >= 4 is 23.4 Å². The van der Waals surface area contributed by atoms with Gasteiger partial charge in [0.1, 0.15) is 6.04 Å². The number of rotatable bonds is 8. The van der Waals surface area contributed by atoms with E-state index in [1.165, 1.54) is 4.90 Å². The highest BCUT2D eigenvalue weighted by Crippen LogP contribution is 2.14. The van der Waals surface area contributed by atoms with Crippen molar-refractivity contribution in [2.24, 2.45) is 5.92 Å². The molecule has 1 N–H and O–H groups in total. The second kappa shape index (κ2) is 9.50. The molecule has 7 nitrogen and oxygen atoms in total. The van der Waals surface area contributed by atoms with Gasteiger partial charge in [0.05, 0.1) is 6.54 Å². The molecule has 0 aliphatic carbocycles. The Morgan fingerprint density at radius 2 is 1.93 bits per heavy atom. The van der Waals surface area contributed by atoms with Crippen LogP contribution in [-0.2, 0) is 17.8 Å². The number of carbonyl (C=O) groups excluding carboxylic acids is 2. The number of aryl methyl sites for hydroxylation is 1. The molecule has 0 aliphatic heterocycles. The second-order valence-electron chi connectivity index (χ2n) is 6.50. The lowest BCUT2D eigenvalue weighted by Crippen LogP contribution is -2.50. The third-order valence-electron chi connectivity index (χ3n) is 4.45. The number of likely N-dealkylation sites (N-methyl/N-ethyl adjacent to an activating group) is 1. The van der Waals surface area contributed by atoms with Gasteiger partial charge in [0, 0.05) is 24.1 Å². The summed E-state index contributed by atoms with van der Waals surface area (Å²) < 4.78 is 5.15. The van der Waals surface area contributed by atoms with Gasteiger partial charge in [0.15, 0.2) is 5.82 Å². The molecule has 2 amide bonds. The predicted molar refractivity (Wildman–Crippen MR) is 102 cm³/mol. The molecule has 0 fully saturated rings. The number of halogens is 1. The minimum absolute atomic E-state index is 0.0370. The van der Waals surface area contributed by atoms with Crippen LogP contribution < -0.4 is 5.32 Å². The zero-order chi connectivity index (χ0) is 20.0. The van der Waals surface area contributed by atoms with E-state index in [0.29, 0.717) is 28.7 Å². The Labute approximate surface area is 164 Å². The predicted octanol–water partition coefficient (Wildman–Crippen LogP) is 3.09. The van der Waals surface area contributed by atoms with Crippen molar-refractivity contribution in [2.45, 2.75) is 46.2 Å². The molecule has 27 heavy (non-hydrogen) atoms. The summed E-state index contributed by atoms with van der Waals surface area (Å²) in [7, 11) is 1.65. The topological polar surface area (TPSA) is 88.3 Å². The van der Waals surface area contributed by atoms with Crippen LogP contribution in [-0.4, -0.2) is 39.9 Å². The Morgan fingerprint density at radius 3 is 2.48 bits per heavy atom. The fraction of sp³-hybridized carbons (Fsp3) is 0.474. The normalized spacial score (nSPS) is 13.1. The van der Waals surface area contributed by atoms with E-state index in [0.717, 1.165) is 6.42 Å². The zero-order valence-electron chi connectivity index (χ0n) is 16.0. The maximum absolute atomic E-state index is 12.9. The van der Waals surface area contributed by atoms with Gasteiger partial charge in [-0.25, -0.2) is 0 Å². The zero-order valence-corrected chi connectivity index (χ0v) is 16.8. The lowest BCUT2D eigenvalue weighted by molar-refractivity contribution is -0.134. The number of aromatic nitrogens is 2. The lowest BCUT2D eigenvalue weighted by Gasteiger charge is -2.27. The quantitative estimate of drug-likeness (QED) is 0.745. The van der Waals surface area contributed by atoms with Gasteiger partial charge in [-0.3, -0.25) is 9.59 Å².